The largest absolute Gasteiger partial charge is 0.353 e. The van der Waals surface area contributed by atoms with Crippen molar-refractivity contribution in [2.24, 2.45) is 5.41 Å². The molecule has 0 aliphatic heterocycles. The van der Waals surface area contributed by atoms with Gasteiger partial charge < -0.3 is 5.32 Å². The highest BCUT2D eigenvalue weighted by atomic mass is 16.1. The number of rotatable bonds is 2. The van der Waals surface area contributed by atoms with Gasteiger partial charge in [-0.1, -0.05) is 26.8 Å². The molecule has 0 aliphatic rings. The van der Waals surface area contributed by atoms with Crippen LogP contribution in [0.1, 0.15) is 36.0 Å². The fourth-order valence-corrected chi connectivity index (χ4v) is 1.02. The molecule has 2 nitrogen and oxygen atoms in total. The van der Waals surface area contributed by atoms with Crippen LogP contribution in [-0.2, 0) is 4.79 Å². The Hall–Kier alpha value is -0.790. The molecule has 0 rings (SSSR count). The van der Waals surface area contributed by atoms with Crippen LogP contribution < -0.4 is 5.32 Å². The number of hydrogen-bond donors (Lipinski definition) is 1. The molecular formula is C10H21NO. The number of carbonyl (C=O) groups excluding carboxylic acids is 1. The lowest BCUT2D eigenvalue weighted by Crippen LogP contribution is -2.24. The van der Waals surface area contributed by atoms with E-state index in [2.05, 4.69) is 26.1 Å². The standard InChI is InChI=1S/C10H19NO.H2/c1-6-11-9(12)8(2)7-10(3,4)5;/h7H,6H2,1-5H3,(H,11,12);1H/b8-7+;. The van der Waals surface area contributed by atoms with Crippen LogP contribution in [-0.4, -0.2) is 12.5 Å². The van der Waals surface area contributed by atoms with Crippen LogP contribution in [0.25, 0.3) is 0 Å². The molecule has 72 valence electrons. The Labute approximate surface area is 76.5 Å². The summed E-state index contributed by atoms with van der Waals surface area (Å²) >= 11 is 0. The Morgan fingerprint density at radius 3 is 2.33 bits per heavy atom. The van der Waals surface area contributed by atoms with Crippen molar-refractivity contribution in [2.45, 2.75) is 34.6 Å². The summed E-state index contributed by atoms with van der Waals surface area (Å²) in [6, 6.07) is 0. The van der Waals surface area contributed by atoms with Gasteiger partial charge in [0, 0.05) is 13.5 Å². The Morgan fingerprint density at radius 1 is 1.50 bits per heavy atom. The van der Waals surface area contributed by atoms with Gasteiger partial charge in [-0.3, -0.25) is 4.79 Å². The van der Waals surface area contributed by atoms with Crippen molar-refractivity contribution in [1.29, 1.82) is 0 Å². The molecule has 0 saturated carbocycles. The fraction of sp³-hybridized carbons (Fsp3) is 0.700. The van der Waals surface area contributed by atoms with Crippen molar-refractivity contribution in [2.75, 3.05) is 6.54 Å². The van der Waals surface area contributed by atoms with Crippen LogP contribution in [0.3, 0.4) is 0 Å². The van der Waals surface area contributed by atoms with Crippen molar-refractivity contribution in [3.8, 4) is 0 Å². The zero-order valence-electron chi connectivity index (χ0n) is 8.69. The Morgan fingerprint density at radius 2 is 2.00 bits per heavy atom. The topological polar surface area (TPSA) is 29.1 Å². The number of hydrogen-bond acceptors (Lipinski definition) is 1. The fourth-order valence-electron chi connectivity index (χ4n) is 1.02. The molecule has 0 fully saturated rings. The molecular weight excluding hydrogens is 150 g/mol. The van der Waals surface area contributed by atoms with Gasteiger partial charge in [0.25, 0.3) is 0 Å². The van der Waals surface area contributed by atoms with Crippen molar-refractivity contribution >= 4 is 5.91 Å². The molecule has 12 heavy (non-hydrogen) atoms. The maximum Gasteiger partial charge on any atom is 0.246 e. The normalized spacial score (nSPS) is 12.9. The lowest BCUT2D eigenvalue weighted by atomic mass is 9.94. The molecule has 0 aromatic heterocycles. The first-order chi connectivity index (χ1) is 5.37. The first kappa shape index (κ1) is 11.2. The average molecular weight is 171 g/mol. The summed E-state index contributed by atoms with van der Waals surface area (Å²) in [5, 5.41) is 2.76. The van der Waals surface area contributed by atoms with Crippen LogP contribution in [0.4, 0.5) is 0 Å². The first-order valence-electron chi connectivity index (χ1n) is 4.34. The van der Waals surface area contributed by atoms with E-state index in [1.54, 1.807) is 0 Å². The number of amides is 1. The van der Waals surface area contributed by atoms with Crippen LogP contribution in [0.15, 0.2) is 11.6 Å². The number of likely N-dealkylation sites (N-methyl/N-ethyl adjacent to an activating group) is 1. The molecule has 0 saturated heterocycles. The summed E-state index contributed by atoms with van der Waals surface area (Å²) in [7, 11) is 0. The second-order valence-electron chi connectivity index (χ2n) is 4.05. The van der Waals surface area contributed by atoms with Crippen molar-refractivity contribution in [1.82, 2.24) is 5.32 Å². The molecule has 0 atom stereocenters. The molecule has 0 bridgehead atoms. The minimum atomic E-state index is 0. The second-order valence-corrected chi connectivity index (χ2v) is 4.05. The average Bonchev–Trinajstić information content (AvgIpc) is 1.84. The van der Waals surface area contributed by atoms with Gasteiger partial charge in [0.2, 0.25) is 5.91 Å². The van der Waals surface area contributed by atoms with E-state index in [-0.39, 0.29) is 12.7 Å². The third-order valence-electron chi connectivity index (χ3n) is 1.35. The van der Waals surface area contributed by atoms with Gasteiger partial charge >= 0.3 is 0 Å². The van der Waals surface area contributed by atoms with Gasteiger partial charge in [0.1, 0.15) is 0 Å². The van der Waals surface area contributed by atoms with Crippen LogP contribution in [0, 0.1) is 5.41 Å². The van der Waals surface area contributed by atoms with E-state index in [0.717, 1.165) is 5.57 Å². The maximum atomic E-state index is 11.2. The highest BCUT2D eigenvalue weighted by molar-refractivity contribution is 5.92. The smallest absolute Gasteiger partial charge is 0.246 e. The minimum Gasteiger partial charge on any atom is -0.353 e. The Bertz CT molecular complexity index is 192. The van der Waals surface area contributed by atoms with Crippen molar-refractivity contribution in [3.63, 3.8) is 0 Å². The first-order valence-corrected chi connectivity index (χ1v) is 4.34. The molecule has 0 aromatic rings. The van der Waals surface area contributed by atoms with Gasteiger partial charge in [-0.05, 0) is 19.3 Å². The van der Waals surface area contributed by atoms with Gasteiger partial charge in [-0.25, -0.2) is 0 Å². The summed E-state index contributed by atoms with van der Waals surface area (Å²) in [5.41, 5.74) is 0.874. The maximum absolute atomic E-state index is 11.2. The molecule has 2 heteroatoms. The summed E-state index contributed by atoms with van der Waals surface area (Å²) in [5.74, 6) is 0.0347. The van der Waals surface area contributed by atoms with Gasteiger partial charge in [0.15, 0.2) is 0 Å². The summed E-state index contributed by atoms with van der Waals surface area (Å²) in [6.07, 6.45) is 1.98. The monoisotopic (exact) mass is 171 g/mol. The van der Waals surface area contributed by atoms with E-state index in [0.29, 0.717) is 6.54 Å². The van der Waals surface area contributed by atoms with Crippen LogP contribution in [0.2, 0.25) is 0 Å². The highest BCUT2D eigenvalue weighted by Crippen LogP contribution is 2.17. The van der Waals surface area contributed by atoms with E-state index < -0.39 is 0 Å². The third kappa shape index (κ3) is 4.94. The van der Waals surface area contributed by atoms with E-state index >= 15 is 0 Å². The third-order valence-corrected chi connectivity index (χ3v) is 1.35. The molecule has 0 radical (unpaired) electrons. The second kappa shape index (κ2) is 4.29. The summed E-state index contributed by atoms with van der Waals surface area (Å²) in [6.45, 7) is 10.7. The predicted molar refractivity (Wildman–Crippen MR) is 54.0 cm³/mol. The van der Waals surface area contributed by atoms with E-state index in [4.69, 9.17) is 0 Å². The lowest BCUT2D eigenvalue weighted by molar-refractivity contribution is -0.117. The quantitative estimate of drug-likeness (QED) is 0.635. The minimum absolute atomic E-state index is 0. The molecule has 0 spiro atoms. The van der Waals surface area contributed by atoms with E-state index in [9.17, 15) is 4.79 Å². The van der Waals surface area contributed by atoms with Gasteiger partial charge in [0.05, 0.1) is 0 Å². The molecule has 1 N–H and O–H groups in total. The highest BCUT2D eigenvalue weighted by Gasteiger charge is 2.09. The molecule has 0 heterocycles. The SMILES string of the molecule is CCNC(=O)/C(C)=C/C(C)(C)C.[HH]. The molecule has 0 aromatic carbocycles. The number of allylic oxidation sites excluding steroid dienone is 1. The van der Waals surface area contributed by atoms with E-state index in [1.807, 2.05) is 19.9 Å². The number of carbonyl (C=O) groups is 1. The predicted octanol–water partition coefficient (Wildman–Crippen LogP) is 2.36. The van der Waals surface area contributed by atoms with Gasteiger partial charge in [-0.15, -0.1) is 0 Å². The summed E-state index contributed by atoms with van der Waals surface area (Å²) < 4.78 is 0. The molecule has 0 aliphatic carbocycles. The van der Waals surface area contributed by atoms with Crippen molar-refractivity contribution < 1.29 is 6.22 Å². The van der Waals surface area contributed by atoms with Crippen LogP contribution in [0.5, 0.6) is 0 Å². The molecule has 1 amide bonds. The Balaban J connectivity index is 0. The van der Waals surface area contributed by atoms with E-state index in [1.165, 1.54) is 0 Å². The molecule has 0 unspecified atom stereocenters. The van der Waals surface area contributed by atoms with Crippen molar-refractivity contribution in [3.05, 3.63) is 11.6 Å². The lowest BCUT2D eigenvalue weighted by Gasteiger charge is -2.13. The summed E-state index contributed by atoms with van der Waals surface area (Å²) in [4.78, 5) is 11.2. The van der Waals surface area contributed by atoms with Crippen LogP contribution >= 0.6 is 0 Å². The van der Waals surface area contributed by atoms with Gasteiger partial charge in [-0.2, -0.15) is 0 Å². The zero-order valence-corrected chi connectivity index (χ0v) is 8.69. The Kier molecular flexibility index (Phi) is 4.01. The zero-order chi connectivity index (χ0) is 9.78. The number of nitrogens with one attached hydrogen (secondary N) is 1.